The van der Waals surface area contributed by atoms with Crippen LogP contribution in [0.5, 0.6) is 0 Å². The van der Waals surface area contributed by atoms with E-state index in [0.29, 0.717) is 12.3 Å². The number of piperazine rings is 3. The third-order valence-electron chi connectivity index (χ3n) is 3.40. The average Bonchev–Trinajstić information content (AvgIpc) is 2.17. The van der Waals surface area contributed by atoms with E-state index in [1.54, 1.807) is 0 Å². The SMILES string of the molecule is CC1CN2CCN1C(OCCN(C)C)C2. The number of fused-ring (bicyclic) bond motifs is 3. The highest BCUT2D eigenvalue weighted by molar-refractivity contribution is 4.88. The second-order valence-electron chi connectivity index (χ2n) is 4.98. The van der Waals surface area contributed by atoms with Gasteiger partial charge in [0.1, 0.15) is 6.23 Å². The predicted molar refractivity (Wildman–Crippen MR) is 60.9 cm³/mol. The highest BCUT2D eigenvalue weighted by Crippen LogP contribution is 2.21. The largest absolute Gasteiger partial charge is 0.360 e. The van der Waals surface area contributed by atoms with Crippen LogP contribution in [0.25, 0.3) is 0 Å². The maximum atomic E-state index is 5.94. The summed E-state index contributed by atoms with van der Waals surface area (Å²) in [6, 6.07) is 0.664. The summed E-state index contributed by atoms with van der Waals surface area (Å²) in [5.74, 6) is 0. The van der Waals surface area contributed by atoms with Crippen LogP contribution in [0.1, 0.15) is 6.92 Å². The van der Waals surface area contributed by atoms with Gasteiger partial charge in [-0.15, -0.1) is 0 Å². The number of nitrogens with zero attached hydrogens (tertiary/aromatic N) is 3. The van der Waals surface area contributed by atoms with E-state index in [-0.39, 0.29) is 0 Å². The highest BCUT2D eigenvalue weighted by atomic mass is 16.5. The zero-order valence-corrected chi connectivity index (χ0v) is 10.1. The fourth-order valence-electron chi connectivity index (χ4n) is 2.49. The van der Waals surface area contributed by atoms with Crippen LogP contribution in [-0.2, 0) is 4.74 Å². The highest BCUT2D eigenvalue weighted by Gasteiger charge is 2.36. The smallest absolute Gasteiger partial charge is 0.123 e. The molecule has 4 nitrogen and oxygen atoms in total. The number of rotatable bonds is 4. The second kappa shape index (κ2) is 4.78. The Bertz CT molecular complexity index is 210. The maximum Gasteiger partial charge on any atom is 0.123 e. The van der Waals surface area contributed by atoms with Crippen molar-refractivity contribution in [3.63, 3.8) is 0 Å². The molecule has 0 aromatic heterocycles. The van der Waals surface area contributed by atoms with Gasteiger partial charge in [0.15, 0.2) is 0 Å². The lowest BCUT2D eigenvalue weighted by Crippen LogP contribution is -2.65. The lowest BCUT2D eigenvalue weighted by molar-refractivity contribution is -0.153. The molecule has 0 aliphatic carbocycles. The first-order valence-electron chi connectivity index (χ1n) is 5.91. The Morgan fingerprint density at radius 1 is 1.27 bits per heavy atom. The van der Waals surface area contributed by atoms with E-state index in [1.165, 1.54) is 19.6 Å². The Balaban J connectivity index is 1.78. The molecular formula is C11H23N3O. The van der Waals surface area contributed by atoms with Crippen LogP contribution in [0.15, 0.2) is 0 Å². The van der Waals surface area contributed by atoms with Crippen LogP contribution < -0.4 is 0 Å². The summed E-state index contributed by atoms with van der Waals surface area (Å²) < 4.78 is 5.94. The molecule has 2 bridgehead atoms. The van der Waals surface area contributed by atoms with Crippen molar-refractivity contribution in [1.82, 2.24) is 14.7 Å². The molecule has 0 radical (unpaired) electrons. The van der Waals surface area contributed by atoms with Gasteiger partial charge >= 0.3 is 0 Å². The first-order chi connectivity index (χ1) is 7.16. The van der Waals surface area contributed by atoms with Crippen molar-refractivity contribution in [2.24, 2.45) is 0 Å². The van der Waals surface area contributed by atoms with E-state index in [4.69, 9.17) is 4.74 Å². The molecule has 15 heavy (non-hydrogen) atoms. The van der Waals surface area contributed by atoms with Crippen LogP contribution in [0, 0.1) is 0 Å². The quantitative estimate of drug-likeness (QED) is 0.649. The molecule has 3 saturated heterocycles. The molecule has 4 heteroatoms. The Morgan fingerprint density at radius 2 is 2.07 bits per heavy atom. The molecule has 3 fully saturated rings. The summed E-state index contributed by atoms with van der Waals surface area (Å²) in [4.78, 5) is 7.20. The summed E-state index contributed by atoms with van der Waals surface area (Å²) in [6.45, 7) is 8.86. The van der Waals surface area contributed by atoms with E-state index in [2.05, 4.69) is 35.7 Å². The summed E-state index contributed by atoms with van der Waals surface area (Å²) in [7, 11) is 4.17. The minimum absolute atomic E-state index is 0.336. The zero-order valence-electron chi connectivity index (χ0n) is 10.1. The Morgan fingerprint density at radius 3 is 2.67 bits per heavy atom. The zero-order chi connectivity index (χ0) is 10.8. The predicted octanol–water partition coefficient (Wildman–Crippen LogP) is -0.0896. The van der Waals surface area contributed by atoms with Crippen LogP contribution >= 0.6 is 0 Å². The molecule has 4 atom stereocenters. The van der Waals surface area contributed by atoms with Gasteiger partial charge in [-0.25, -0.2) is 0 Å². The second-order valence-corrected chi connectivity index (χ2v) is 4.98. The van der Waals surface area contributed by atoms with E-state index >= 15 is 0 Å². The monoisotopic (exact) mass is 213 g/mol. The summed E-state index contributed by atoms with van der Waals surface area (Å²) >= 11 is 0. The van der Waals surface area contributed by atoms with Crippen molar-refractivity contribution in [3.8, 4) is 0 Å². The van der Waals surface area contributed by atoms with Crippen LogP contribution in [-0.4, -0.2) is 80.4 Å². The van der Waals surface area contributed by atoms with E-state index < -0.39 is 0 Å². The van der Waals surface area contributed by atoms with E-state index in [9.17, 15) is 0 Å². The van der Waals surface area contributed by atoms with Gasteiger partial charge in [-0.05, 0) is 21.0 Å². The van der Waals surface area contributed by atoms with Gasteiger partial charge in [-0.3, -0.25) is 9.80 Å². The first-order valence-corrected chi connectivity index (χ1v) is 5.91. The van der Waals surface area contributed by atoms with Crippen LogP contribution in [0.2, 0.25) is 0 Å². The first kappa shape index (κ1) is 11.3. The fraction of sp³-hybridized carbons (Fsp3) is 1.00. The maximum absolute atomic E-state index is 5.94. The van der Waals surface area contributed by atoms with Gasteiger partial charge in [0, 0.05) is 38.8 Å². The molecule has 88 valence electrons. The van der Waals surface area contributed by atoms with Crippen molar-refractivity contribution >= 4 is 0 Å². The van der Waals surface area contributed by atoms with Crippen molar-refractivity contribution < 1.29 is 4.74 Å². The minimum atomic E-state index is 0.336. The lowest BCUT2D eigenvalue weighted by Gasteiger charge is -2.50. The van der Waals surface area contributed by atoms with Crippen LogP contribution in [0.3, 0.4) is 0 Å². The Kier molecular flexibility index (Phi) is 3.61. The van der Waals surface area contributed by atoms with Crippen molar-refractivity contribution in [1.29, 1.82) is 0 Å². The molecule has 3 aliphatic heterocycles. The number of hydrogen-bond donors (Lipinski definition) is 0. The Labute approximate surface area is 92.8 Å². The average molecular weight is 213 g/mol. The minimum Gasteiger partial charge on any atom is -0.360 e. The molecule has 0 spiro atoms. The topological polar surface area (TPSA) is 19.0 Å². The van der Waals surface area contributed by atoms with Gasteiger partial charge < -0.3 is 9.64 Å². The fourth-order valence-corrected chi connectivity index (χ4v) is 2.49. The van der Waals surface area contributed by atoms with Crippen molar-refractivity contribution in [3.05, 3.63) is 0 Å². The van der Waals surface area contributed by atoms with Crippen LogP contribution in [0.4, 0.5) is 0 Å². The van der Waals surface area contributed by atoms with Gasteiger partial charge in [-0.1, -0.05) is 0 Å². The number of hydrogen-bond acceptors (Lipinski definition) is 4. The van der Waals surface area contributed by atoms with Gasteiger partial charge in [0.25, 0.3) is 0 Å². The molecule has 3 aliphatic rings. The molecule has 3 heterocycles. The summed E-state index contributed by atoms with van der Waals surface area (Å²) in [6.07, 6.45) is 0.336. The number of likely N-dealkylation sites (N-methyl/N-ethyl adjacent to an activating group) is 1. The molecule has 0 saturated carbocycles. The molecule has 0 N–H and O–H groups in total. The lowest BCUT2D eigenvalue weighted by atomic mass is 10.1. The van der Waals surface area contributed by atoms with Gasteiger partial charge in [0.2, 0.25) is 0 Å². The Hall–Kier alpha value is -0.160. The van der Waals surface area contributed by atoms with E-state index in [0.717, 1.165) is 19.7 Å². The van der Waals surface area contributed by atoms with Gasteiger partial charge in [0.05, 0.1) is 6.61 Å². The van der Waals surface area contributed by atoms with Crippen molar-refractivity contribution in [2.75, 3.05) is 53.4 Å². The van der Waals surface area contributed by atoms with Crippen molar-refractivity contribution in [2.45, 2.75) is 19.2 Å². The molecule has 0 amide bonds. The molecule has 4 unspecified atom stereocenters. The third kappa shape index (κ3) is 2.69. The molecule has 3 rings (SSSR count). The molecule has 0 aromatic carbocycles. The van der Waals surface area contributed by atoms with Gasteiger partial charge in [-0.2, -0.15) is 0 Å². The normalized spacial score (nSPS) is 40.0. The van der Waals surface area contributed by atoms with E-state index in [1.807, 2.05) is 0 Å². The number of ether oxygens (including phenoxy) is 1. The molecule has 0 aromatic rings. The molecular weight excluding hydrogens is 190 g/mol. The third-order valence-corrected chi connectivity index (χ3v) is 3.40. The summed E-state index contributed by atoms with van der Waals surface area (Å²) in [5.41, 5.74) is 0. The summed E-state index contributed by atoms with van der Waals surface area (Å²) in [5, 5.41) is 0. The standard InChI is InChI=1S/C11H23N3O/c1-10-8-13-4-5-14(10)11(9-13)15-7-6-12(2)3/h10-11H,4-9H2,1-3H3.